The Kier molecular flexibility index (Phi) is 3.32. The van der Waals surface area contributed by atoms with Crippen LogP contribution in [0.2, 0.25) is 0 Å². The number of benzene rings is 2. The first-order valence-corrected chi connectivity index (χ1v) is 6.79. The van der Waals surface area contributed by atoms with E-state index in [0.29, 0.717) is 15.6 Å². The van der Waals surface area contributed by atoms with Gasteiger partial charge >= 0.3 is 0 Å². The van der Waals surface area contributed by atoms with Gasteiger partial charge in [0.2, 0.25) is 0 Å². The molecule has 0 amide bonds. The van der Waals surface area contributed by atoms with Gasteiger partial charge < -0.3 is 0 Å². The number of hydrogen-bond acceptors (Lipinski definition) is 2. The molecule has 0 saturated carbocycles. The van der Waals surface area contributed by atoms with Gasteiger partial charge in [0.05, 0.1) is 9.99 Å². The molecule has 0 aliphatic carbocycles. The summed E-state index contributed by atoms with van der Waals surface area (Å²) in [5.74, 6) is -0.652. The van der Waals surface area contributed by atoms with Gasteiger partial charge in [0, 0.05) is 22.7 Å². The Labute approximate surface area is 123 Å². The number of ketones is 1. The molecule has 0 aliphatic heterocycles. The highest BCUT2D eigenvalue weighted by molar-refractivity contribution is 9.10. The number of nitrogens with zero attached hydrogens (tertiary/aromatic N) is 1. The Bertz CT molecular complexity index is 816. The Morgan fingerprint density at radius 1 is 1.05 bits per heavy atom. The largest absolute Gasteiger partial charge is 0.289 e. The molecule has 2 aromatic carbocycles. The minimum atomic E-state index is -0.446. The maximum atomic E-state index is 13.5. The highest BCUT2D eigenvalue weighted by atomic mass is 79.9. The summed E-state index contributed by atoms with van der Waals surface area (Å²) in [5, 5.41) is 0.885. The van der Waals surface area contributed by atoms with Crippen molar-refractivity contribution in [2.45, 2.75) is 0 Å². The summed E-state index contributed by atoms with van der Waals surface area (Å²) in [6.07, 6.45) is 1.70. The van der Waals surface area contributed by atoms with Gasteiger partial charge in [-0.2, -0.15) is 0 Å². The summed E-state index contributed by atoms with van der Waals surface area (Å²) in [4.78, 5) is 16.6. The molecular weight excluding hydrogens is 321 g/mol. The summed E-state index contributed by atoms with van der Waals surface area (Å²) in [6, 6.07) is 13.3. The molecule has 0 spiro atoms. The predicted molar refractivity (Wildman–Crippen MR) is 79.3 cm³/mol. The Balaban J connectivity index is 2.05. The van der Waals surface area contributed by atoms with E-state index in [-0.39, 0.29) is 5.78 Å². The molecule has 0 unspecified atom stereocenters. The number of halogens is 2. The molecule has 0 radical (unpaired) electrons. The summed E-state index contributed by atoms with van der Waals surface area (Å²) < 4.78 is 13.8. The van der Waals surface area contributed by atoms with Gasteiger partial charge in [0.25, 0.3) is 0 Å². The number of carbonyl (C=O) groups excluding carboxylic acids is 1. The molecule has 0 fully saturated rings. The summed E-state index contributed by atoms with van der Waals surface area (Å²) in [7, 11) is 0. The van der Waals surface area contributed by atoms with Crippen molar-refractivity contribution in [3.8, 4) is 0 Å². The Morgan fingerprint density at radius 3 is 2.60 bits per heavy atom. The van der Waals surface area contributed by atoms with Crippen LogP contribution in [0.4, 0.5) is 4.39 Å². The van der Waals surface area contributed by atoms with Gasteiger partial charge in [-0.05, 0) is 58.4 Å². The van der Waals surface area contributed by atoms with Crippen LogP contribution in [0.5, 0.6) is 0 Å². The smallest absolute Gasteiger partial charge is 0.193 e. The van der Waals surface area contributed by atoms with Crippen LogP contribution in [0, 0.1) is 5.82 Å². The van der Waals surface area contributed by atoms with Crippen LogP contribution >= 0.6 is 15.9 Å². The summed E-state index contributed by atoms with van der Waals surface area (Å²) in [6.45, 7) is 0. The normalized spacial score (nSPS) is 10.7. The van der Waals surface area contributed by atoms with E-state index in [0.717, 1.165) is 10.9 Å². The van der Waals surface area contributed by atoms with Crippen LogP contribution in [0.3, 0.4) is 0 Å². The average Bonchev–Trinajstić information content (AvgIpc) is 2.49. The fourth-order valence-electron chi connectivity index (χ4n) is 2.02. The van der Waals surface area contributed by atoms with Crippen LogP contribution in [0.25, 0.3) is 10.9 Å². The second kappa shape index (κ2) is 5.13. The third kappa shape index (κ3) is 2.34. The van der Waals surface area contributed by atoms with Crippen LogP contribution < -0.4 is 0 Å². The van der Waals surface area contributed by atoms with E-state index < -0.39 is 5.82 Å². The first-order chi connectivity index (χ1) is 9.65. The second-order valence-electron chi connectivity index (χ2n) is 4.37. The number of carbonyl (C=O) groups is 1. The summed E-state index contributed by atoms with van der Waals surface area (Å²) >= 11 is 3.07. The molecule has 1 heterocycles. The van der Waals surface area contributed by atoms with E-state index >= 15 is 0 Å². The number of pyridine rings is 1. The van der Waals surface area contributed by atoms with Crippen LogP contribution in [0.1, 0.15) is 15.9 Å². The molecule has 3 aromatic rings. The Hall–Kier alpha value is -2.07. The lowest BCUT2D eigenvalue weighted by Gasteiger charge is -2.04. The zero-order valence-electron chi connectivity index (χ0n) is 10.3. The number of fused-ring (bicyclic) bond motifs is 1. The molecule has 1 aromatic heterocycles. The lowest BCUT2D eigenvalue weighted by Crippen LogP contribution is -2.02. The predicted octanol–water partition coefficient (Wildman–Crippen LogP) is 4.37. The van der Waals surface area contributed by atoms with Gasteiger partial charge in [-0.3, -0.25) is 9.78 Å². The minimum Gasteiger partial charge on any atom is -0.289 e. The van der Waals surface area contributed by atoms with Crippen molar-refractivity contribution in [1.29, 1.82) is 0 Å². The zero-order chi connectivity index (χ0) is 14.1. The second-order valence-corrected chi connectivity index (χ2v) is 5.22. The van der Waals surface area contributed by atoms with Crippen molar-refractivity contribution in [1.82, 2.24) is 4.98 Å². The first-order valence-electron chi connectivity index (χ1n) is 6.00. The third-order valence-corrected chi connectivity index (χ3v) is 3.69. The molecule has 0 saturated heterocycles. The highest BCUT2D eigenvalue weighted by Crippen LogP contribution is 2.20. The van der Waals surface area contributed by atoms with Crippen LogP contribution in [-0.4, -0.2) is 10.8 Å². The zero-order valence-corrected chi connectivity index (χ0v) is 11.9. The highest BCUT2D eigenvalue weighted by Gasteiger charge is 2.11. The molecule has 0 aliphatic rings. The van der Waals surface area contributed by atoms with Crippen molar-refractivity contribution in [3.63, 3.8) is 0 Å². The molecule has 3 rings (SSSR count). The topological polar surface area (TPSA) is 30.0 Å². The van der Waals surface area contributed by atoms with Crippen molar-refractivity contribution >= 4 is 32.6 Å². The van der Waals surface area contributed by atoms with Gasteiger partial charge in [-0.25, -0.2) is 4.39 Å². The maximum absolute atomic E-state index is 13.5. The summed E-state index contributed by atoms with van der Waals surface area (Å²) in [5.41, 5.74) is 1.67. The van der Waals surface area contributed by atoms with Crippen molar-refractivity contribution in [3.05, 3.63) is 76.1 Å². The van der Waals surface area contributed by atoms with E-state index in [1.807, 2.05) is 12.1 Å². The van der Waals surface area contributed by atoms with E-state index in [9.17, 15) is 9.18 Å². The quantitative estimate of drug-likeness (QED) is 0.653. The van der Waals surface area contributed by atoms with Crippen molar-refractivity contribution < 1.29 is 9.18 Å². The number of aromatic nitrogens is 1. The van der Waals surface area contributed by atoms with E-state index in [1.54, 1.807) is 30.5 Å². The van der Waals surface area contributed by atoms with Crippen LogP contribution in [-0.2, 0) is 0 Å². The van der Waals surface area contributed by atoms with Gasteiger partial charge in [-0.15, -0.1) is 0 Å². The van der Waals surface area contributed by atoms with Gasteiger partial charge in [0.1, 0.15) is 5.82 Å². The SMILES string of the molecule is O=C(c1ccc(Br)c(F)c1)c1ccc2ncccc2c1. The Morgan fingerprint density at radius 2 is 1.80 bits per heavy atom. The molecule has 98 valence electrons. The minimum absolute atomic E-state index is 0.206. The fourth-order valence-corrected chi connectivity index (χ4v) is 2.27. The van der Waals surface area contributed by atoms with Crippen LogP contribution in [0.15, 0.2) is 59.2 Å². The van der Waals surface area contributed by atoms with E-state index in [4.69, 9.17) is 0 Å². The van der Waals surface area contributed by atoms with E-state index in [1.165, 1.54) is 12.1 Å². The lowest BCUT2D eigenvalue weighted by atomic mass is 10.0. The average molecular weight is 330 g/mol. The van der Waals surface area contributed by atoms with Gasteiger partial charge in [-0.1, -0.05) is 6.07 Å². The molecular formula is C16H9BrFNO. The first kappa shape index (κ1) is 12.9. The monoisotopic (exact) mass is 329 g/mol. The standard InChI is InChI=1S/C16H9BrFNO/c17-13-5-3-12(9-14(13)18)16(20)11-4-6-15-10(8-11)2-1-7-19-15/h1-9H. The van der Waals surface area contributed by atoms with Gasteiger partial charge in [0.15, 0.2) is 5.78 Å². The van der Waals surface area contributed by atoms with Crippen molar-refractivity contribution in [2.75, 3.05) is 0 Å². The molecule has 20 heavy (non-hydrogen) atoms. The molecule has 0 N–H and O–H groups in total. The molecule has 2 nitrogen and oxygen atoms in total. The number of hydrogen-bond donors (Lipinski definition) is 0. The maximum Gasteiger partial charge on any atom is 0.193 e. The molecule has 0 bridgehead atoms. The number of rotatable bonds is 2. The lowest BCUT2D eigenvalue weighted by molar-refractivity contribution is 0.103. The third-order valence-electron chi connectivity index (χ3n) is 3.05. The molecule has 0 atom stereocenters. The van der Waals surface area contributed by atoms with Crippen molar-refractivity contribution in [2.24, 2.45) is 0 Å². The molecule has 4 heteroatoms. The fraction of sp³-hybridized carbons (Fsp3) is 0. The van der Waals surface area contributed by atoms with E-state index in [2.05, 4.69) is 20.9 Å².